The Kier molecular flexibility index (Phi) is 4.36. The van der Waals surface area contributed by atoms with E-state index in [2.05, 4.69) is 19.9 Å². The Hall–Kier alpha value is -2.65. The topological polar surface area (TPSA) is 98.0 Å². The van der Waals surface area contributed by atoms with Gasteiger partial charge >= 0.3 is 0 Å². The lowest BCUT2D eigenvalue weighted by atomic mass is 10.2. The molecule has 7 nitrogen and oxygen atoms in total. The van der Waals surface area contributed by atoms with Gasteiger partial charge in [-0.05, 0) is 42.8 Å². The second-order valence-corrected chi connectivity index (χ2v) is 6.71. The Morgan fingerprint density at radius 1 is 1.25 bits per heavy atom. The molecule has 1 N–H and O–H groups in total. The van der Waals surface area contributed by atoms with Gasteiger partial charge in [-0.15, -0.1) is 10.2 Å². The van der Waals surface area contributed by atoms with Gasteiger partial charge in [-0.25, -0.2) is 17.5 Å². The van der Waals surface area contributed by atoms with E-state index >= 15 is 0 Å². The van der Waals surface area contributed by atoms with Gasteiger partial charge in [-0.3, -0.25) is 4.98 Å². The summed E-state index contributed by atoms with van der Waals surface area (Å²) in [5.74, 6) is -0.142. The van der Waals surface area contributed by atoms with Gasteiger partial charge in [0.2, 0.25) is 21.8 Å². The molecule has 0 spiro atoms. The highest BCUT2D eigenvalue weighted by Gasteiger charge is 2.18. The van der Waals surface area contributed by atoms with E-state index < -0.39 is 15.8 Å². The molecule has 0 saturated heterocycles. The molecule has 0 radical (unpaired) electrons. The van der Waals surface area contributed by atoms with Crippen molar-refractivity contribution < 1.29 is 17.2 Å². The lowest BCUT2D eigenvalue weighted by Gasteiger charge is -2.07. The second kappa shape index (κ2) is 6.46. The SMILES string of the molecule is Cc1cc(F)ccc1S(=O)(=O)NCc1nnc(-c2cccnc2)o1. The zero-order valence-corrected chi connectivity index (χ0v) is 13.4. The third-order valence-electron chi connectivity index (χ3n) is 3.22. The number of halogens is 1. The quantitative estimate of drug-likeness (QED) is 0.758. The van der Waals surface area contributed by atoms with Crippen LogP contribution in [0.1, 0.15) is 11.5 Å². The van der Waals surface area contributed by atoms with Crippen LogP contribution < -0.4 is 4.72 Å². The van der Waals surface area contributed by atoms with E-state index in [-0.39, 0.29) is 23.2 Å². The molecule has 0 bridgehead atoms. The van der Waals surface area contributed by atoms with Crippen molar-refractivity contribution in [2.75, 3.05) is 0 Å². The van der Waals surface area contributed by atoms with Crippen LogP contribution in [0.15, 0.2) is 52.0 Å². The van der Waals surface area contributed by atoms with Crippen LogP contribution in [0.5, 0.6) is 0 Å². The van der Waals surface area contributed by atoms with Crippen LogP contribution in [0.25, 0.3) is 11.5 Å². The van der Waals surface area contributed by atoms with Gasteiger partial charge in [-0.1, -0.05) is 0 Å². The molecule has 124 valence electrons. The largest absolute Gasteiger partial charge is 0.419 e. The number of hydrogen-bond donors (Lipinski definition) is 1. The number of aromatic nitrogens is 3. The minimum atomic E-state index is -3.82. The minimum absolute atomic E-state index is 0.00380. The average molecular weight is 348 g/mol. The molecule has 0 atom stereocenters. The molecule has 0 saturated carbocycles. The molecule has 9 heteroatoms. The van der Waals surface area contributed by atoms with E-state index in [0.717, 1.165) is 12.1 Å². The summed E-state index contributed by atoms with van der Waals surface area (Å²) in [6.45, 7) is 1.34. The standard InChI is InChI=1S/C15H13FN4O3S/c1-10-7-12(16)4-5-13(10)24(21,22)18-9-14-19-20-15(23-14)11-3-2-6-17-8-11/h2-8,18H,9H2,1H3. The first-order chi connectivity index (χ1) is 11.5. The third-order valence-corrected chi connectivity index (χ3v) is 4.78. The number of nitrogens with zero attached hydrogens (tertiary/aromatic N) is 3. The fourth-order valence-electron chi connectivity index (χ4n) is 2.08. The van der Waals surface area contributed by atoms with Crippen molar-refractivity contribution in [2.45, 2.75) is 18.4 Å². The van der Waals surface area contributed by atoms with Gasteiger partial charge in [0.05, 0.1) is 17.0 Å². The normalized spacial score (nSPS) is 11.6. The highest BCUT2D eigenvalue weighted by molar-refractivity contribution is 7.89. The Bertz CT molecular complexity index is 958. The first-order valence-electron chi connectivity index (χ1n) is 6.94. The Morgan fingerprint density at radius 2 is 2.08 bits per heavy atom. The van der Waals surface area contributed by atoms with Crippen LogP contribution in [0.3, 0.4) is 0 Å². The van der Waals surface area contributed by atoms with Crippen LogP contribution in [0, 0.1) is 12.7 Å². The molecule has 3 aromatic rings. The predicted molar refractivity (Wildman–Crippen MR) is 82.7 cm³/mol. The molecule has 0 unspecified atom stereocenters. The van der Waals surface area contributed by atoms with E-state index in [9.17, 15) is 12.8 Å². The molecule has 0 amide bonds. The smallest absolute Gasteiger partial charge is 0.249 e. The highest BCUT2D eigenvalue weighted by Crippen LogP contribution is 2.18. The highest BCUT2D eigenvalue weighted by atomic mass is 32.2. The van der Waals surface area contributed by atoms with Gasteiger partial charge in [-0.2, -0.15) is 0 Å². The fraction of sp³-hybridized carbons (Fsp3) is 0.133. The van der Waals surface area contributed by atoms with Crippen LogP contribution >= 0.6 is 0 Å². The summed E-state index contributed by atoms with van der Waals surface area (Å²) in [5.41, 5.74) is 0.942. The maximum absolute atomic E-state index is 13.1. The van der Waals surface area contributed by atoms with Crippen molar-refractivity contribution in [2.24, 2.45) is 0 Å². The molecular formula is C15H13FN4O3S. The first-order valence-corrected chi connectivity index (χ1v) is 8.42. The number of benzene rings is 1. The number of sulfonamides is 1. The number of rotatable bonds is 5. The van der Waals surface area contributed by atoms with Crippen molar-refractivity contribution in [3.63, 3.8) is 0 Å². The molecule has 2 heterocycles. The fourth-order valence-corrected chi connectivity index (χ4v) is 3.28. The van der Waals surface area contributed by atoms with Crippen LogP contribution in [-0.4, -0.2) is 23.6 Å². The summed E-state index contributed by atoms with van der Waals surface area (Å²) < 4.78 is 45.4. The summed E-state index contributed by atoms with van der Waals surface area (Å²) in [4.78, 5) is 3.94. The van der Waals surface area contributed by atoms with E-state index in [1.807, 2.05) is 0 Å². The van der Waals surface area contributed by atoms with Crippen LogP contribution in [0.2, 0.25) is 0 Å². The number of pyridine rings is 1. The van der Waals surface area contributed by atoms with E-state index in [1.54, 1.807) is 24.5 Å². The molecule has 0 aliphatic carbocycles. The molecule has 24 heavy (non-hydrogen) atoms. The Morgan fingerprint density at radius 3 is 2.79 bits per heavy atom. The summed E-state index contributed by atoms with van der Waals surface area (Å²) in [6, 6.07) is 6.92. The minimum Gasteiger partial charge on any atom is -0.419 e. The van der Waals surface area contributed by atoms with Gasteiger partial charge in [0.1, 0.15) is 5.82 Å². The third kappa shape index (κ3) is 3.47. The van der Waals surface area contributed by atoms with Crippen molar-refractivity contribution in [1.82, 2.24) is 19.9 Å². The maximum Gasteiger partial charge on any atom is 0.249 e. The number of hydrogen-bond acceptors (Lipinski definition) is 6. The average Bonchev–Trinajstić information content (AvgIpc) is 3.02. The molecule has 2 aromatic heterocycles. The van der Waals surface area contributed by atoms with Crippen molar-refractivity contribution in [3.8, 4) is 11.5 Å². The lowest BCUT2D eigenvalue weighted by molar-refractivity contribution is 0.494. The summed E-state index contributed by atoms with van der Waals surface area (Å²) in [7, 11) is -3.82. The molecule has 0 fully saturated rings. The zero-order chi connectivity index (χ0) is 17.2. The molecule has 0 aliphatic heterocycles. The van der Waals surface area contributed by atoms with E-state index in [1.165, 1.54) is 13.0 Å². The molecular weight excluding hydrogens is 335 g/mol. The van der Waals surface area contributed by atoms with Gasteiger partial charge in [0.25, 0.3) is 0 Å². The zero-order valence-electron chi connectivity index (χ0n) is 12.6. The van der Waals surface area contributed by atoms with Crippen molar-refractivity contribution in [1.29, 1.82) is 0 Å². The first kappa shape index (κ1) is 16.2. The van der Waals surface area contributed by atoms with Crippen LogP contribution in [-0.2, 0) is 16.6 Å². The van der Waals surface area contributed by atoms with Gasteiger partial charge in [0, 0.05) is 12.4 Å². The van der Waals surface area contributed by atoms with Crippen molar-refractivity contribution in [3.05, 3.63) is 60.0 Å². The Labute approximate surface area is 137 Å². The van der Waals surface area contributed by atoms with Crippen molar-refractivity contribution >= 4 is 10.0 Å². The number of nitrogens with one attached hydrogen (secondary N) is 1. The number of aryl methyl sites for hydroxylation is 1. The van der Waals surface area contributed by atoms with E-state index in [0.29, 0.717) is 11.1 Å². The van der Waals surface area contributed by atoms with Gasteiger partial charge in [0.15, 0.2) is 0 Å². The monoisotopic (exact) mass is 348 g/mol. The predicted octanol–water partition coefficient (Wildman–Crippen LogP) is 2.06. The summed E-state index contributed by atoms with van der Waals surface area (Å²) in [6.07, 6.45) is 3.17. The van der Waals surface area contributed by atoms with Gasteiger partial charge < -0.3 is 4.42 Å². The molecule has 0 aliphatic rings. The second-order valence-electron chi connectivity index (χ2n) is 4.98. The summed E-state index contributed by atoms with van der Waals surface area (Å²) in [5, 5.41) is 7.64. The molecule has 3 rings (SSSR count). The summed E-state index contributed by atoms with van der Waals surface area (Å²) >= 11 is 0. The molecule has 1 aromatic carbocycles. The maximum atomic E-state index is 13.1. The van der Waals surface area contributed by atoms with E-state index in [4.69, 9.17) is 4.42 Å². The lowest BCUT2D eigenvalue weighted by Crippen LogP contribution is -2.24. The Balaban J connectivity index is 1.75. The van der Waals surface area contributed by atoms with Crippen LogP contribution in [0.4, 0.5) is 4.39 Å².